The minimum Gasteiger partial charge on any atom is -0.497 e. The van der Waals surface area contributed by atoms with E-state index in [1.54, 1.807) is 25.3 Å². The first-order chi connectivity index (χ1) is 11.7. The van der Waals surface area contributed by atoms with Crippen molar-refractivity contribution < 1.29 is 14.3 Å². The zero-order chi connectivity index (χ0) is 17.2. The van der Waals surface area contributed by atoms with Gasteiger partial charge in [0.15, 0.2) is 0 Å². The van der Waals surface area contributed by atoms with Gasteiger partial charge in [0.25, 0.3) is 0 Å². The molecule has 4 nitrogen and oxygen atoms in total. The molecule has 0 unspecified atom stereocenters. The molecule has 1 amide bonds. The first-order valence-corrected chi connectivity index (χ1v) is 7.84. The van der Waals surface area contributed by atoms with Crippen LogP contribution in [0.25, 0.3) is 0 Å². The van der Waals surface area contributed by atoms with Crippen molar-refractivity contribution in [3.05, 3.63) is 64.7 Å². The summed E-state index contributed by atoms with van der Waals surface area (Å²) in [6.07, 6.45) is 0.0358. The van der Waals surface area contributed by atoms with E-state index in [1.807, 2.05) is 30.3 Å². The van der Waals surface area contributed by atoms with Crippen molar-refractivity contribution in [3.8, 4) is 17.6 Å². The number of ether oxygens (including phenoxy) is 2. The SMILES string of the molecule is COc1ccc(Cl)c(C#CCCNC(=O)OCc2ccccc2)c1. The molecule has 0 aliphatic rings. The summed E-state index contributed by atoms with van der Waals surface area (Å²) in [6.45, 7) is 0.653. The lowest BCUT2D eigenvalue weighted by Gasteiger charge is -2.05. The molecule has 0 atom stereocenters. The van der Waals surface area contributed by atoms with Gasteiger partial charge in [0.1, 0.15) is 12.4 Å². The highest BCUT2D eigenvalue weighted by Gasteiger charge is 2.01. The summed E-state index contributed by atoms with van der Waals surface area (Å²) in [6, 6.07) is 14.8. The Bertz CT molecular complexity index is 735. The van der Waals surface area contributed by atoms with Crippen molar-refractivity contribution >= 4 is 17.7 Å². The summed E-state index contributed by atoms with van der Waals surface area (Å²) < 4.78 is 10.2. The number of hydrogen-bond acceptors (Lipinski definition) is 3. The van der Waals surface area contributed by atoms with Crippen LogP contribution in [0.3, 0.4) is 0 Å². The van der Waals surface area contributed by atoms with Crippen molar-refractivity contribution in [2.24, 2.45) is 0 Å². The Morgan fingerprint density at radius 1 is 1.21 bits per heavy atom. The van der Waals surface area contributed by atoms with Gasteiger partial charge in [-0.25, -0.2) is 4.79 Å². The van der Waals surface area contributed by atoms with Crippen LogP contribution >= 0.6 is 11.6 Å². The molecular formula is C19H18ClNO3. The standard InChI is InChI=1S/C19H18ClNO3/c1-23-17-10-11-18(20)16(13-17)9-5-6-12-21-19(22)24-14-15-7-3-2-4-8-15/h2-4,7-8,10-11,13H,6,12,14H2,1H3,(H,21,22). The molecular weight excluding hydrogens is 326 g/mol. The zero-order valence-electron chi connectivity index (χ0n) is 13.3. The van der Waals surface area contributed by atoms with E-state index < -0.39 is 6.09 Å². The summed E-state index contributed by atoms with van der Waals surface area (Å²) >= 11 is 6.07. The fourth-order valence-corrected chi connectivity index (χ4v) is 2.05. The van der Waals surface area contributed by atoms with Crippen LogP contribution in [-0.2, 0) is 11.3 Å². The number of carbonyl (C=O) groups excluding carboxylic acids is 1. The molecule has 24 heavy (non-hydrogen) atoms. The van der Waals surface area contributed by atoms with Crippen LogP contribution in [0.2, 0.25) is 5.02 Å². The van der Waals surface area contributed by atoms with Gasteiger partial charge in [0.05, 0.1) is 12.1 Å². The van der Waals surface area contributed by atoms with Gasteiger partial charge in [-0.2, -0.15) is 0 Å². The minimum atomic E-state index is -0.458. The smallest absolute Gasteiger partial charge is 0.407 e. The third-order valence-corrected chi connectivity index (χ3v) is 3.46. The number of halogens is 1. The highest BCUT2D eigenvalue weighted by atomic mass is 35.5. The molecule has 0 fully saturated rings. The number of benzene rings is 2. The fourth-order valence-electron chi connectivity index (χ4n) is 1.89. The highest BCUT2D eigenvalue weighted by molar-refractivity contribution is 6.31. The average molecular weight is 344 g/mol. The Kier molecular flexibility index (Phi) is 7.00. The number of alkyl carbamates (subject to hydrolysis) is 1. The first kappa shape index (κ1) is 17.7. The summed E-state index contributed by atoms with van der Waals surface area (Å²) in [7, 11) is 1.59. The maximum Gasteiger partial charge on any atom is 0.407 e. The van der Waals surface area contributed by atoms with Gasteiger partial charge in [-0.3, -0.25) is 0 Å². The second-order valence-electron chi connectivity index (χ2n) is 4.89. The van der Waals surface area contributed by atoms with E-state index in [2.05, 4.69) is 17.2 Å². The Labute approximate surface area is 146 Å². The number of nitrogens with one attached hydrogen (secondary N) is 1. The number of amides is 1. The molecule has 2 aromatic rings. The van der Waals surface area contributed by atoms with Crippen LogP contribution in [0.15, 0.2) is 48.5 Å². The Morgan fingerprint density at radius 2 is 2.00 bits per heavy atom. The average Bonchev–Trinajstić information content (AvgIpc) is 2.62. The molecule has 0 saturated heterocycles. The topological polar surface area (TPSA) is 47.6 Å². The van der Waals surface area contributed by atoms with Crippen LogP contribution < -0.4 is 10.1 Å². The van der Waals surface area contributed by atoms with Crippen LogP contribution in [0.5, 0.6) is 5.75 Å². The van der Waals surface area contributed by atoms with E-state index >= 15 is 0 Å². The summed E-state index contributed by atoms with van der Waals surface area (Å²) in [4.78, 5) is 11.6. The number of rotatable bonds is 5. The van der Waals surface area contributed by atoms with Crippen molar-refractivity contribution in [3.63, 3.8) is 0 Å². The predicted molar refractivity (Wildman–Crippen MR) is 94.1 cm³/mol. The molecule has 1 N–H and O–H groups in total. The molecule has 124 valence electrons. The minimum absolute atomic E-state index is 0.248. The normalized spacial score (nSPS) is 9.58. The largest absolute Gasteiger partial charge is 0.497 e. The lowest BCUT2D eigenvalue weighted by Crippen LogP contribution is -2.24. The molecule has 0 bridgehead atoms. The molecule has 0 radical (unpaired) electrons. The van der Waals surface area contributed by atoms with Crippen molar-refractivity contribution in [2.45, 2.75) is 13.0 Å². The summed E-state index contributed by atoms with van der Waals surface area (Å²) in [5, 5.41) is 3.22. The number of methoxy groups -OCH3 is 1. The highest BCUT2D eigenvalue weighted by Crippen LogP contribution is 2.20. The third kappa shape index (κ3) is 5.86. The van der Waals surface area contributed by atoms with Gasteiger partial charge in [-0.15, -0.1) is 0 Å². The maximum absolute atomic E-state index is 11.6. The fraction of sp³-hybridized carbons (Fsp3) is 0.211. The molecule has 0 spiro atoms. The van der Waals surface area contributed by atoms with E-state index in [9.17, 15) is 4.79 Å². The van der Waals surface area contributed by atoms with Crippen LogP contribution in [0.4, 0.5) is 4.79 Å². The molecule has 0 saturated carbocycles. The van der Waals surface area contributed by atoms with E-state index in [4.69, 9.17) is 21.1 Å². The summed E-state index contributed by atoms with van der Waals surface area (Å²) in [5.41, 5.74) is 1.64. The Hall–Kier alpha value is -2.64. The molecule has 0 heterocycles. The number of hydrogen-bond donors (Lipinski definition) is 1. The van der Waals surface area contributed by atoms with Crippen LogP contribution in [-0.4, -0.2) is 19.7 Å². The van der Waals surface area contributed by atoms with Gasteiger partial charge in [0.2, 0.25) is 0 Å². The van der Waals surface area contributed by atoms with E-state index in [1.165, 1.54) is 0 Å². The molecule has 2 rings (SSSR count). The van der Waals surface area contributed by atoms with E-state index in [-0.39, 0.29) is 6.61 Å². The molecule has 0 aliphatic heterocycles. The molecule has 0 aromatic heterocycles. The quantitative estimate of drug-likeness (QED) is 0.659. The molecule has 0 aliphatic carbocycles. The second kappa shape index (κ2) is 9.49. The zero-order valence-corrected chi connectivity index (χ0v) is 14.1. The van der Waals surface area contributed by atoms with E-state index in [0.717, 1.165) is 5.56 Å². The van der Waals surface area contributed by atoms with E-state index in [0.29, 0.717) is 29.3 Å². The number of carbonyl (C=O) groups is 1. The maximum atomic E-state index is 11.6. The lowest BCUT2D eigenvalue weighted by molar-refractivity contribution is 0.140. The van der Waals surface area contributed by atoms with Gasteiger partial charge in [-0.1, -0.05) is 53.8 Å². The predicted octanol–water partition coefficient (Wildman–Crippen LogP) is 4.02. The van der Waals surface area contributed by atoms with Crippen molar-refractivity contribution in [2.75, 3.05) is 13.7 Å². The lowest BCUT2D eigenvalue weighted by atomic mass is 10.2. The first-order valence-electron chi connectivity index (χ1n) is 7.46. The van der Waals surface area contributed by atoms with Crippen molar-refractivity contribution in [1.82, 2.24) is 5.32 Å². The molecule has 5 heteroatoms. The summed E-state index contributed by atoms with van der Waals surface area (Å²) in [5.74, 6) is 6.63. The Balaban J connectivity index is 1.72. The van der Waals surface area contributed by atoms with Crippen LogP contribution in [0, 0.1) is 11.8 Å². The molecule has 2 aromatic carbocycles. The third-order valence-electron chi connectivity index (χ3n) is 3.13. The monoisotopic (exact) mass is 343 g/mol. The van der Waals surface area contributed by atoms with Gasteiger partial charge in [0, 0.05) is 18.5 Å². The van der Waals surface area contributed by atoms with Gasteiger partial charge < -0.3 is 14.8 Å². The van der Waals surface area contributed by atoms with Gasteiger partial charge >= 0.3 is 6.09 Å². The van der Waals surface area contributed by atoms with Crippen LogP contribution in [0.1, 0.15) is 17.5 Å². The second-order valence-corrected chi connectivity index (χ2v) is 5.29. The van der Waals surface area contributed by atoms with Crippen molar-refractivity contribution in [1.29, 1.82) is 0 Å². The Morgan fingerprint density at radius 3 is 2.75 bits per heavy atom. The van der Waals surface area contributed by atoms with Gasteiger partial charge in [-0.05, 0) is 23.8 Å².